The van der Waals surface area contributed by atoms with Crippen LogP contribution in [0.2, 0.25) is 6.04 Å². The zero-order chi connectivity index (χ0) is 16.4. The van der Waals surface area contributed by atoms with Crippen LogP contribution in [0, 0.1) is 0 Å². The molecule has 0 unspecified atom stereocenters. The summed E-state index contributed by atoms with van der Waals surface area (Å²) in [5.74, 6) is 1.95. The van der Waals surface area contributed by atoms with E-state index in [0.29, 0.717) is 6.42 Å². The normalized spacial score (nSPS) is 12.5. The summed E-state index contributed by atoms with van der Waals surface area (Å²) >= 11 is 1.78. The summed E-state index contributed by atoms with van der Waals surface area (Å²) in [5.41, 5.74) is -0.109. The van der Waals surface area contributed by atoms with E-state index in [-0.39, 0.29) is 11.4 Å². The lowest BCUT2D eigenvalue weighted by atomic mass is 10.0. The fraction of sp³-hybridized carbons (Fsp3) is 0.929. The van der Waals surface area contributed by atoms with Gasteiger partial charge in [-0.1, -0.05) is 6.92 Å². The van der Waals surface area contributed by atoms with Crippen molar-refractivity contribution in [2.75, 3.05) is 32.8 Å². The van der Waals surface area contributed by atoms with Gasteiger partial charge in [0.1, 0.15) is 0 Å². The summed E-state index contributed by atoms with van der Waals surface area (Å²) in [5, 5.41) is 3.04. The maximum absolute atomic E-state index is 11.8. The zero-order valence-corrected chi connectivity index (χ0v) is 16.1. The first-order valence-corrected chi connectivity index (χ1v) is 10.5. The molecule has 5 nitrogen and oxygen atoms in total. The van der Waals surface area contributed by atoms with Crippen LogP contribution in [-0.2, 0) is 18.1 Å². The van der Waals surface area contributed by atoms with E-state index in [1.54, 1.807) is 33.1 Å². The number of rotatable bonds is 12. The molecule has 0 atom stereocenters. The van der Waals surface area contributed by atoms with E-state index >= 15 is 0 Å². The third-order valence-corrected chi connectivity index (χ3v) is 7.44. The predicted molar refractivity (Wildman–Crippen MR) is 90.7 cm³/mol. The second kappa shape index (κ2) is 10.6. The van der Waals surface area contributed by atoms with Gasteiger partial charge < -0.3 is 18.6 Å². The molecule has 0 radical (unpaired) electrons. The van der Waals surface area contributed by atoms with E-state index in [1.807, 2.05) is 13.8 Å². The Kier molecular flexibility index (Phi) is 10.6. The molecule has 0 aromatic heterocycles. The molecule has 0 saturated heterocycles. The van der Waals surface area contributed by atoms with Crippen LogP contribution in [0.4, 0.5) is 0 Å². The van der Waals surface area contributed by atoms with E-state index in [4.69, 9.17) is 13.3 Å². The third-order valence-electron chi connectivity index (χ3n) is 3.54. The lowest BCUT2D eigenvalue weighted by Gasteiger charge is -2.24. The molecule has 0 bridgehead atoms. The van der Waals surface area contributed by atoms with E-state index in [2.05, 4.69) is 12.2 Å². The second-order valence-electron chi connectivity index (χ2n) is 5.55. The molecule has 0 aromatic carbocycles. The largest absolute Gasteiger partial charge is 0.500 e. The topological polar surface area (TPSA) is 56.8 Å². The SMILES string of the molecule is CCC(C)(C)NC(=O)CCSCCC[Si](OC)(OC)OC. The molecule has 0 saturated carbocycles. The fourth-order valence-electron chi connectivity index (χ4n) is 1.74. The minimum atomic E-state index is -2.43. The predicted octanol–water partition coefficient (Wildman–Crippen LogP) is 2.68. The lowest BCUT2D eigenvalue weighted by molar-refractivity contribution is -0.122. The van der Waals surface area contributed by atoms with Crippen LogP contribution in [-0.4, -0.2) is 53.1 Å². The van der Waals surface area contributed by atoms with Gasteiger partial charge in [-0.25, -0.2) is 0 Å². The van der Waals surface area contributed by atoms with E-state index in [9.17, 15) is 4.79 Å². The summed E-state index contributed by atoms with van der Waals surface area (Å²) in [4.78, 5) is 11.8. The molecule has 0 heterocycles. The summed E-state index contributed by atoms with van der Waals surface area (Å²) in [6.45, 7) is 6.16. The third kappa shape index (κ3) is 8.82. The van der Waals surface area contributed by atoms with Crippen molar-refractivity contribution in [2.45, 2.75) is 51.6 Å². The van der Waals surface area contributed by atoms with Gasteiger partial charge >= 0.3 is 8.80 Å². The zero-order valence-electron chi connectivity index (χ0n) is 14.3. The van der Waals surface area contributed by atoms with E-state index in [1.165, 1.54) is 0 Å². The van der Waals surface area contributed by atoms with Crippen molar-refractivity contribution in [3.8, 4) is 0 Å². The molecular weight excluding hydrogens is 306 g/mol. The number of nitrogens with one attached hydrogen (secondary N) is 1. The molecule has 126 valence electrons. The van der Waals surface area contributed by atoms with Crippen molar-refractivity contribution in [3.63, 3.8) is 0 Å². The minimum absolute atomic E-state index is 0.109. The number of carbonyl (C=O) groups is 1. The van der Waals surface area contributed by atoms with Crippen molar-refractivity contribution < 1.29 is 18.1 Å². The number of hydrogen-bond donors (Lipinski definition) is 1. The number of amides is 1. The van der Waals surface area contributed by atoms with E-state index in [0.717, 1.165) is 30.4 Å². The molecule has 21 heavy (non-hydrogen) atoms. The summed E-state index contributed by atoms with van der Waals surface area (Å²) in [6, 6.07) is 0.804. The van der Waals surface area contributed by atoms with Gasteiger partial charge in [0.2, 0.25) is 5.91 Å². The Morgan fingerprint density at radius 2 is 1.71 bits per heavy atom. The Hall–Kier alpha value is -0.0831. The Balaban J connectivity index is 3.76. The number of thioether (sulfide) groups is 1. The number of carbonyl (C=O) groups excluding carboxylic acids is 1. The van der Waals surface area contributed by atoms with Gasteiger partial charge in [-0.05, 0) is 32.4 Å². The second-order valence-corrected chi connectivity index (χ2v) is 9.86. The quantitative estimate of drug-likeness (QED) is 0.438. The van der Waals surface area contributed by atoms with Crippen LogP contribution >= 0.6 is 11.8 Å². The Morgan fingerprint density at radius 1 is 1.14 bits per heavy atom. The lowest BCUT2D eigenvalue weighted by Crippen LogP contribution is -2.43. The number of hydrogen-bond acceptors (Lipinski definition) is 5. The average molecular weight is 338 g/mol. The molecule has 0 aromatic rings. The fourth-order valence-corrected chi connectivity index (χ4v) is 4.60. The highest BCUT2D eigenvalue weighted by Gasteiger charge is 2.36. The van der Waals surface area contributed by atoms with Crippen LogP contribution in [0.5, 0.6) is 0 Å². The first kappa shape index (κ1) is 20.9. The van der Waals surface area contributed by atoms with Crippen molar-refractivity contribution in [2.24, 2.45) is 0 Å². The van der Waals surface area contributed by atoms with Crippen LogP contribution in [0.1, 0.15) is 40.0 Å². The Bertz CT molecular complexity index is 290. The highest BCUT2D eigenvalue weighted by Crippen LogP contribution is 2.17. The molecule has 0 spiro atoms. The maximum Gasteiger partial charge on any atom is 0.500 e. The van der Waals surface area contributed by atoms with Crippen LogP contribution in [0.25, 0.3) is 0 Å². The Labute approximate surface area is 134 Å². The van der Waals surface area contributed by atoms with Crippen molar-refractivity contribution in [1.82, 2.24) is 5.32 Å². The molecule has 0 aliphatic carbocycles. The standard InChI is InChI=1S/C14H31NO4SSi/c1-7-14(2,3)15-13(16)9-11-20-10-8-12-21(17-4,18-5)19-6/h7-12H2,1-6H3,(H,15,16). The molecular formula is C14H31NO4SSi. The minimum Gasteiger partial charge on any atom is -0.377 e. The smallest absolute Gasteiger partial charge is 0.377 e. The van der Waals surface area contributed by atoms with Crippen LogP contribution in [0.15, 0.2) is 0 Å². The van der Waals surface area contributed by atoms with Crippen LogP contribution in [0.3, 0.4) is 0 Å². The molecule has 0 aliphatic heterocycles. The first-order valence-electron chi connectivity index (χ1n) is 7.39. The summed E-state index contributed by atoms with van der Waals surface area (Å²) in [6.07, 6.45) is 2.47. The summed E-state index contributed by atoms with van der Waals surface area (Å²) < 4.78 is 16.1. The van der Waals surface area contributed by atoms with Gasteiger partial charge in [-0.3, -0.25) is 4.79 Å². The highest BCUT2D eigenvalue weighted by molar-refractivity contribution is 7.99. The Morgan fingerprint density at radius 3 is 2.19 bits per heavy atom. The molecule has 0 fully saturated rings. The molecule has 7 heteroatoms. The van der Waals surface area contributed by atoms with Gasteiger partial charge in [0, 0.05) is 45.1 Å². The first-order chi connectivity index (χ1) is 9.84. The molecule has 1 amide bonds. The van der Waals surface area contributed by atoms with E-state index < -0.39 is 8.80 Å². The summed E-state index contributed by atoms with van der Waals surface area (Å²) in [7, 11) is 2.46. The van der Waals surface area contributed by atoms with Gasteiger partial charge in [-0.15, -0.1) is 0 Å². The van der Waals surface area contributed by atoms with Gasteiger partial charge in [0.15, 0.2) is 0 Å². The monoisotopic (exact) mass is 337 g/mol. The molecule has 0 rings (SSSR count). The van der Waals surface area contributed by atoms with Gasteiger partial charge in [0.25, 0.3) is 0 Å². The van der Waals surface area contributed by atoms with Crippen molar-refractivity contribution in [3.05, 3.63) is 0 Å². The van der Waals surface area contributed by atoms with Crippen LogP contribution < -0.4 is 5.32 Å². The van der Waals surface area contributed by atoms with Crippen molar-refractivity contribution in [1.29, 1.82) is 0 Å². The molecule has 1 N–H and O–H groups in total. The maximum atomic E-state index is 11.8. The van der Waals surface area contributed by atoms with Crippen molar-refractivity contribution >= 4 is 26.5 Å². The van der Waals surface area contributed by atoms with Gasteiger partial charge in [-0.2, -0.15) is 11.8 Å². The average Bonchev–Trinajstić information content (AvgIpc) is 2.47. The molecule has 0 aliphatic rings. The highest BCUT2D eigenvalue weighted by atomic mass is 32.2. The van der Waals surface area contributed by atoms with Gasteiger partial charge in [0.05, 0.1) is 0 Å².